The van der Waals surface area contributed by atoms with Crippen molar-refractivity contribution in [2.75, 3.05) is 33.4 Å². The van der Waals surface area contributed by atoms with E-state index in [-0.39, 0.29) is 5.97 Å². The predicted molar refractivity (Wildman–Crippen MR) is 100 cm³/mol. The fraction of sp³-hybridized carbons (Fsp3) is 0.389. The van der Waals surface area contributed by atoms with Crippen LogP contribution in [-0.2, 0) is 22.6 Å². The number of esters is 1. The smallest absolute Gasteiger partial charge is 0.351 e. The molecule has 1 saturated heterocycles. The van der Waals surface area contributed by atoms with Crippen LogP contribution in [0.3, 0.4) is 0 Å². The molecule has 5 nitrogen and oxygen atoms in total. The second kappa shape index (κ2) is 8.80. The number of morpholine rings is 1. The summed E-state index contributed by atoms with van der Waals surface area (Å²) in [7, 11) is 1.37. The van der Waals surface area contributed by atoms with Gasteiger partial charge < -0.3 is 14.2 Å². The Hall–Kier alpha value is -1.41. The first kappa shape index (κ1) is 18.4. The fourth-order valence-electron chi connectivity index (χ4n) is 2.70. The molecule has 1 aliphatic rings. The molecule has 3 rings (SSSR count). The molecule has 0 spiro atoms. The van der Waals surface area contributed by atoms with Gasteiger partial charge in [-0.2, -0.15) is 0 Å². The molecule has 0 N–H and O–H groups in total. The van der Waals surface area contributed by atoms with E-state index in [0.717, 1.165) is 42.9 Å². The molecule has 0 radical (unpaired) electrons. The minimum Gasteiger partial charge on any atom is -0.486 e. The first-order chi connectivity index (χ1) is 12.2. The van der Waals surface area contributed by atoms with Gasteiger partial charge in [-0.05, 0) is 27.1 Å². The zero-order valence-electron chi connectivity index (χ0n) is 14.0. The van der Waals surface area contributed by atoms with Crippen LogP contribution in [0.15, 0.2) is 34.1 Å². The standard InChI is InChI=1S/C18H20BrNO4S/c1-22-18(21)17-16(15(19)12-25-17)24-11-14-5-3-2-4-13(14)10-20-6-8-23-9-7-20/h2-5,12H,6-11H2,1H3. The molecule has 25 heavy (non-hydrogen) atoms. The van der Waals surface area contributed by atoms with Crippen molar-refractivity contribution in [3.63, 3.8) is 0 Å². The number of benzene rings is 1. The average Bonchev–Trinajstić information content (AvgIpc) is 3.02. The Morgan fingerprint density at radius 1 is 1.28 bits per heavy atom. The average molecular weight is 426 g/mol. The second-order valence-electron chi connectivity index (χ2n) is 5.68. The lowest BCUT2D eigenvalue weighted by atomic mass is 10.1. The largest absolute Gasteiger partial charge is 0.486 e. The van der Waals surface area contributed by atoms with Gasteiger partial charge in [0.05, 0.1) is 24.8 Å². The predicted octanol–water partition coefficient (Wildman–Crippen LogP) is 3.71. The first-order valence-corrected chi connectivity index (χ1v) is 9.71. The Labute approximate surface area is 159 Å². The van der Waals surface area contributed by atoms with E-state index in [1.54, 1.807) is 0 Å². The van der Waals surface area contributed by atoms with Crippen molar-refractivity contribution in [1.82, 2.24) is 4.90 Å². The van der Waals surface area contributed by atoms with E-state index < -0.39 is 0 Å². The van der Waals surface area contributed by atoms with E-state index >= 15 is 0 Å². The summed E-state index contributed by atoms with van der Waals surface area (Å²) in [5.41, 5.74) is 2.35. The summed E-state index contributed by atoms with van der Waals surface area (Å²) >= 11 is 4.75. The summed E-state index contributed by atoms with van der Waals surface area (Å²) in [5, 5.41) is 1.83. The van der Waals surface area contributed by atoms with Crippen LogP contribution < -0.4 is 4.74 Å². The molecule has 0 bridgehead atoms. The van der Waals surface area contributed by atoms with E-state index in [4.69, 9.17) is 14.2 Å². The lowest BCUT2D eigenvalue weighted by molar-refractivity contribution is 0.0339. The van der Waals surface area contributed by atoms with Crippen LogP contribution in [0.4, 0.5) is 0 Å². The number of carbonyl (C=O) groups is 1. The van der Waals surface area contributed by atoms with Crippen molar-refractivity contribution >= 4 is 33.2 Å². The van der Waals surface area contributed by atoms with Gasteiger partial charge in [0.25, 0.3) is 0 Å². The number of rotatable bonds is 6. The van der Waals surface area contributed by atoms with E-state index in [0.29, 0.717) is 17.2 Å². The van der Waals surface area contributed by atoms with Gasteiger partial charge in [-0.15, -0.1) is 11.3 Å². The topological polar surface area (TPSA) is 48.0 Å². The highest BCUT2D eigenvalue weighted by Gasteiger charge is 2.20. The second-order valence-corrected chi connectivity index (χ2v) is 7.41. The zero-order valence-corrected chi connectivity index (χ0v) is 16.4. The number of nitrogens with zero attached hydrogens (tertiary/aromatic N) is 1. The molecular weight excluding hydrogens is 406 g/mol. The van der Waals surface area contributed by atoms with Crippen molar-refractivity contribution in [2.24, 2.45) is 0 Å². The molecular formula is C18H20BrNO4S. The van der Waals surface area contributed by atoms with Gasteiger partial charge in [-0.25, -0.2) is 4.79 Å². The summed E-state index contributed by atoms with van der Waals surface area (Å²) in [6.45, 7) is 4.72. The molecule has 0 saturated carbocycles. The number of ether oxygens (including phenoxy) is 3. The summed E-state index contributed by atoms with van der Waals surface area (Å²) < 4.78 is 17.0. The van der Waals surface area contributed by atoms with Crippen LogP contribution in [-0.4, -0.2) is 44.3 Å². The lowest BCUT2D eigenvalue weighted by Gasteiger charge is -2.27. The third-order valence-electron chi connectivity index (χ3n) is 4.06. The molecule has 0 amide bonds. The molecule has 7 heteroatoms. The molecule has 1 aliphatic heterocycles. The number of methoxy groups -OCH3 is 1. The van der Waals surface area contributed by atoms with Crippen molar-refractivity contribution in [3.05, 3.63) is 50.1 Å². The van der Waals surface area contributed by atoms with Crippen LogP contribution in [0.1, 0.15) is 20.8 Å². The minimum atomic E-state index is -0.382. The van der Waals surface area contributed by atoms with E-state index in [2.05, 4.69) is 33.0 Å². The maximum absolute atomic E-state index is 11.9. The Morgan fingerprint density at radius 2 is 2.00 bits per heavy atom. The van der Waals surface area contributed by atoms with Crippen molar-refractivity contribution < 1.29 is 19.0 Å². The molecule has 0 aliphatic carbocycles. The number of halogens is 1. The highest BCUT2D eigenvalue weighted by Crippen LogP contribution is 2.36. The van der Waals surface area contributed by atoms with Gasteiger partial charge in [0.1, 0.15) is 6.61 Å². The van der Waals surface area contributed by atoms with Crippen LogP contribution in [0.5, 0.6) is 5.75 Å². The highest BCUT2D eigenvalue weighted by molar-refractivity contribution is 9.10. The Bertz CT molecular complexity index is 728. The molecule has 1 aromatic heterocycles. The summed E-state index contributed by atoms with van der Waals surface area (Å²) in [6, 6.07) is 8.23. The van der Waals surface area contributed by atoms with Gasteiger partial charge in [0, 0.05) is 25.0 Å². The Balaban J connectivity index is 1.71. The third kappa shape index (κ3) is 4.61. The molecule has 1 aromatic carbocycles. The van der Waals surface area contributed by atoms with E-state index in [1.807, 2.05) is 17.5 Å². The minimum absolute atomic E-state index is 0.382. The molecule has 0 atom stereocenters. The van der Waals surface area contributed by atoms with Gasteiger partial charge in [0.15, 0.2) is 10.6 Å². The fourth-order valence-corrected chi connectivity index (χ4v) is 4.20. The number of hydrogen-bond donors (Lipinski definition) is 0. The van der Waals surface area contributed by atoms with Gasteiger partial charge in [-0.3, -0.25) is 4.90 Å². The summed E-state index contributed by atoms with van der Waals surface area (Å²) in [4.78, 5) is 14.7. The van der Waals surface area contributed by atoms with Crippen LogP contribution >= 0.6 is 27.3 Å². The molecule has 2 aromatic rings. The van der Waals surface area contributed by atoms with E-state index in [9.17, 15) is 4.79 Å². The Kier molecular flexibility index (Phi) is 6.47. The van der Waals surface area contributed by atoms with Crippen LogP contribution in [0, 0.1) is 0 Å². The maximum atomic E-state index is 11.9. The maximum Gasteiger partial charge on any atom is 0.351 e. The zero-order chi connectivity index (χ0) is 17.6. The molecule has 2 heterocycles. The van der Waals surface area contributed by atoms with E-state index in [1.165, 1.54) is 24.0 Å². The monoisotopic (exact) mass is 425 g/mol. The number of thiophene rings is 1. The lowest BCUT2D eigenvalue weighted by Crippen LogP contribution is -2.35. The molecule has 0 unspecified atom stereocenters. The van der Waals surface area contributed by atoms with Crippen molar-refractivity contribution in [2.45, 2.75) is 13.2 Å². The number of carbonyl (C=O) groups excluding carboxylic acids is 1. The van der Waals surface area contributed by atoms with Crippen LogP contribution in [0.25, 0.3) is 0 Å². The first-order valence-electron chi connectivity index (χ1n) is 8.04. The van der Waals surface area contributed by atoms with Crippen molar-refractivity contribution in [1.29, 1.82) is 0 Å². The molecule has 134 valence electrons. The van der Waals surface area contributed by atoms with Gasteiger partial charge in [-0.1, -0.05) is 24.3 Å². The van der Waals surface area contributed by atoms with Crippen LogP contribution in [0.2, 0.25) is 0 Å². The Morgan fingerprint density at radius 3 is 2.72 bits per heavy atom. The van der Waals surface area contributed by atoms with Gasteiger partial charge in [0.2, 0.25) is 0 Å². The number of hydrogen-bond acceptors (Lipinski definition) is 6. The summed E-state index contributed by atoms with van der Waals surface area (Å²) in [5.74, 6) is 0.158. The quantitative estimate of drug-likeness (QED) is 0.660. The third-order valence-corrected chi connectivity index (χ3v) is 5.90. The summed E-state index contributed by atoms with van der Waals surface area (Å²) in [6.07, 6.45) is 0. The molecule has 1 fully saturated rings. The normalized spacial score (nSPS) is 15.1. The SMILES string of the molecule is COC(=O)c1scc(Br)c1OCc1ccccc1CN1CCOCC1. The van der Waals surface area contributed by atoms with Gasteiger partial charge >= 0.3 is 5.97 Å². The van der Waals surface area contributed by atoms with Crippen molar-refractivity contribution in [3.8, 4) is 5.75 Å². The highest BCUT2D eigenvalue weighted by atomic mass is 79.9.